The fourth-order valence-electron chi connectivity index (χ4n) is 1.66. The second-order valence-corrected chi connectivity index (χ2v) is 4.02. The lowest BCUT2D eigenvalue weighted by Crippen LogP contribution is -2.06. The highest BCUT2D eigenvalue weighted by Crippen LogP contribution is 2.03. The molecule has 2 aromatic rings. The van der Waals surface area contributed by atoms with Crippen LogP contribution in [0.2, 0.25) is 0 Å². The minimum Gasteiger partial charge on any atom is -0.299 e. The number of rotatable bonds is 5. The average Bonchev–Trinajstić information content (AvgIpc) is 2.73. The molecule has 0 N–H and O–H groups in total. The predicted molar refractivity (Wildman–Crippen MR) is 64.5 cm³/mol. The van der Waals surface area contributed by atoms with Crippen LogP contribution in [0.3, 0.4) is 0 Å². The fraction of sp³-hybridized carbons (Fsp3) is 0.308. The molecule has 0 atom stereocenters. The zero-order valence-corrected chi connectivity index (χ0v) is 9.84. The van der Waals surface area contributed by atoms with Gasteiger partial charge >= 0.3 is 0 Å². The van der Waals surface area contributed by atoms with Crippen LogP contribution in [-0.4, -0.2) is 20.5 Å². The van der Waals surface area contributed by atoms with E-state index >= 15 is 0 Å². The van der Waals surface area contributed by atoms with Gasteiger partial charge in [0.2, 0.25) is 0 Å². The number of carbonyl (C=O) groups is 1. The molecule has 0 unspecified atom stereocenters. The Kier molecular flexibility index (Phi) is 3.65. The van der Waals surface area contributed by atoms with Crippen molar-refractivity contribution in [3.05, 3.63) is 48.0 Å². The highest BCUT2D eigenvalue weighted by atomic mass is 16.1. The molecular formula is C13H15N3O. The largest absolute Gasteiger partial charge is 0.299 e. The van der Waals surface area contributed by atoms with Gasteiger partial charge in [-0.25, -0.2) is 0 Å². The van der Waals surface area contributed by atoms with Gasteiger partial charge in [-0.15, -0.1) is 0 Å². The number of hydrogen-bond donors (Lipinski definition) is 0. The smallest absolute Gasteiger partial charge is 0.139 e. The molecule has 0 aromatic carbocycles. The summed E-state index contributed by atoms with van der Waals surface area (Å²) in [6.45, 7) is 0. The Labute approximate surface area is 100 Å². The monoisotopic (exact) mass is 229 g/mol. The molecule has 0 saturated heterocycles. The summed E-state index contributed by atoms with van der Waals surface area (Å²) >= 11 is 0. The minimum atomic E-state index is 0.203. The van der Waals surface area contributed by atoms with E-state index in [0.29, 0.717) is 19.3 Å². The van der Waals surface area contributed by atoms with Gasteiger partial charge in [-0.3, -0.25) is 14.5 Å². The summed E-state index contributed by atoms with van der Waals surface area (Å²) in [5.41, 5.74) is 1.79. The van der Waals surface area contributed by atoms with Crippen LogP contribution in [0.1, 0.15) is 17.8 Å². The van der Waals surface area contributed by atoms with Gasteiger partial charge in [0.05, 0.1) is 12.1 Å². The standard InChI is InChI=1S/C13H15N3O/c1-16-9-7-12(15-16)10-13(17)6-5-11-4-2-3-8-14-11/h2-4,7-9H,5-6,10H2,1H3. The number of carbonyl (C=O) groups excluding carboxylic acids is 1. The molecule has 4 heteroatoms. The van der Waals surface area contributed by atoms with Crippen LogP contribution in [0.5, 0.6) is 0 Å². The molecule has 2 heterocycles. The van der Waals surface area contributed by atoms with Crippen molar-refractivity contribution in [3.8, 4) is 0 Å². The fourth-order valence-corrected chi connectivity index (χ4v) is 1.66. The molecule has 0 radical (unpaired) electrons. The van der Waals surface area contributed by atoms with E-state index in [9.17, 15) is 4.79 Å². The number of aromatic nitrogens is 3. The average molecular weight is 229 g/mol. The van der Waals surface area contributed by atoms with Crippen LogP contribution in [-0.2, 0) is 24.7 Å². The number of hydrogen-bond acceptors (Lipinski definition) is 3. The lowest BCUT2D eigenvalue weighted by Gasteiger charge is -1.99. The third kappa shape index (κ3) is 3.52. The Hall–Kier alpha value is -1.97. The molecule has 0 saturated carbocycles. The summed E-state index contributed by atoms with van der Waals surface area (Å²) in [4.78, 5) is 15.9. The van der Waals surface area contributed by atoms with Crippen molar-refractivity contribution >= 4 is 5.78 Å². The Morgan fingerprint density at radius 3 is 2.82 bits per heavy atom. The number of ketones is 1. The van der Waals surface area contributed by atoms with Gasteiger partial charge in [0.15, 0.2) is 0 Å². The van der Waals surface area contributed by atoms with E-state index in [-0.39, 0.29) is 5.78 Å². The number of nitrogens with zero attached hydrogens (tertiary/aromatic N) is 3. The van der Waals surface area contributed by atoms with Crippen LogP contribution in [0.15, 0.2) is 36.7 Å². The SMILES string of the molecule is Cn1ccc(CC(=O)CCc2ccccn2)n1. The van der Waals surface area contributed by atoms with Crippen molar-refractivity contribution < 1.29 is 4.79 Å². The molecule has 0 aliphatic rings. The quantitative estimate of drug-likeness (QED) is 0.781. The molecule has 17 heavy (non-hydrogen) atoms. The zero-order valence-electron chi connectivity index (χ0n) is 9.84. The molecule has 2 rings (SSSR count). The van der Waals surface area contributed by atoms with Gasteiger partial charge in [0, 0.05) is 31.6 Å². The van der Waals surface area contributed by atoms with Gasteiger partial charge in [0.1, 0.15) is 5.78 Å². The maximum absolute atomic E-state index is 11.7. The molecule has 0 spiro atoms. The molecular weight excluding hydrogens is 214 g/mol. The Balaban J connectivity index is 1.82. The Morgan fingerprint density at radius 2 is 2.18 bits per heavy atom. The van der Waals surface area contributed by atoms with Crippen molar-refractivity contribution in [2.24, 2.45) is 7.05 Å². The maximum Gasteiger partial charge on any atom is 0.139 e. The van der Waals surface area contributed by atoms with E-state index < -0.39 is 0 Å². The second kappa shape index (κ2) is 5.39. The normalized spacial score (nSPS) is 10.4. The third-order valence-electron chi connectivity index (χ3n) is 2.53. The van der Waals surface area contributed by atoms with Gasteiger partial charge in [-0.2, -0.15) is 5.10 Å². The minimum absolute atomic E-state index is 0.203. The highest BCUT2D eigenvalue weighted by Gasteiger charge is 2.06. The van der Waals surface area contributed by atoms with Gasteiger partial charge in [0.25, 0.3) is 0 Å². The van der Waals surface area contributed by atoms with Crippen LogP contribution in [0, 0.1) is 0 Å². The Bertz CT molecular complexity index is 490. The maximum atomic E-state index is 11.7. The van der Waals surface area contributed by atoms with E-state index in [1.807, 2.05) is 37.5 Å². The van der Waals surface area contributed by atoms with E-state index in [1.54, 1.807) is 10.9 Å². The molecule has 2 aromatic heterocycles. The predicted octanol–water partition coefficient (Wildman–Crippen LogP) is 1.56. The van der Waals surface area contributed by atoms with Crippen molar-refractivity contribution in [2.75, 3.05) is 0 Å². The van der Waals surface area contributed by atoms with Crippen molar-refractivity contribution in [3.63, 3.8) is 0 Å². The molecule has 88 valence electrons. The molecule has 0 bridgehead atoms. The summed E-state index contributed by atoms with van der Waals surface area (Å²) in [7, 11) is 1.85. The van der Waals surface area contributed by atoms with Gasteiger partial charge < -0.3 is 0 Å². The highest BCUT2D eigenvalue weighted by molar-refractivity contribution is 5.80. The number of aryl methyl sites for hydroxylation is 2. The van der Waals surface area contributed by atoms with Crippen LogP contribution in [0.25, 0.3) is 0 Å². The van der Waals surface area contributed by atoms with Gasteiger partial charge in [-0.05, 0) is 24.6 Å². The molecule has 0 aliphatic heterocycles. The molecule has 0 aliphatic carbocycles. The van der Waals surface area contributed by atoms with Crippen molar-refractivity contribution in [2.45, 2.75) is 19.3 Å². The molecule has 4 nitrogen and oxygen atoms in total. The summed E-state index contributed by atoms with van der Waals surface area (Å²) in [6.07, 6.45) is 5.23. The van der Waals surface area contributed by atoms with Crippen LogP contribution >= 0.6 is 0 Å². The first-order valence-corrected chi connectivity index (χ1v) is 5.64. The zero-order chi connectivity index (χ0) is 12.1. The topological polar surface area (TPSA) is 47.8 Å². The van der Waals surface area contributed by atoms with Crippen molar-refractivity contribution in [1.82, 2.24) is 14.8 Å². The summed E-state index contributed by atoms with van der Waals surface area (Å²) in [5, 5.41) is 4.19. The lowest BCUT2D eigenvalue weighted by atomic mass is 10.1. The summed E-state index contributed by atoms with van der Waals surface area (Å²) in [5.74, 6) is 0.203. The van der Waals surface area contributed by atoms with Crippen LogP contribution < -0.4 is 0 Å². The number of pyridine rings is 1. The first-order valence-electron chi connectivity index (χ1n) is 5.64. The first kappa shape index (κ1) is 11.5. The van der Waals surface area contributed by atoms with E-state index in [4.69, 9.17) is 0 Å². The third-order valence-corrected chi connectivity index (χ3v) is 2.53. The lowest BCUT2D eigenvalue weighted by molar-refractivity contribution is -0.118. The Morgan fingerprint density at radius 1 is 1.29 bits per heavy atom. The summed E-state index contributed by atoms with van der Waals surface area (Å²) in [6, 6.07) is 7.62. The first-order chi connectivity index (χ1) is 8.24. The second-order valence-electron chi connectivity index (χ2n) is 4.02. The van der Waals surface area contributed by atoms with E-state index in [0.717, 1.165) is 11.4 Å². The van der Waals surface area contributed by atoms with Crippen molar-refractivity contribution in [1.29, 1.82) is 0 Å². The molecule has 0 fully saturated rings. The van der Waals surface area contributed by atoms with Crippen LogP contribution in [0.4, 0.5) is 0 Å². The van der Waals surface area contributed by atoms with E-state index in [2.05, 4.69) is 10.1 Å². The van der Waals surface area contributed by atoms with E-state index in [1.165, 1.54) is 0 Å². The number of Topliss-reactive ketones (excluding diaryl/α,β-unsaturated/α-hetero) is 1. The van der Waals surface area contributed by atoms with Gasteiger partial charge in [-0.1, -0.05) is 6.07 Å². The molecule has 0 amide bonds. The summed E-state index contributed by atoms with van der Waals surface area (Å²) < 4.78 is 1.71.